The molecule has 1 aromatic rings. The zero-order valence-electron chi connectivity index (χ0n) is 10.9. The number of carbonyl (C=O) groups is 1. The van der Waals surface area contributed by atoms with Crippen molar-refractivity contribution in [1.82, 2.24) is 0 Å². The number of rotatable bonds is 4. The van der Waals surface area contributed by atoms with E-state index in [-0.39, 0.29) is 35.2 Å². The Labute approximate surface area is 118 Å². The van der Waals surface area contributed by atoms with Crippen LogP contribution >= 0.6 is 11.8 Å². The van der Waals surface area contributed by atoms with Crippen molar-refractivity contribution in [2.24, 2.45) is 0 Å². The molecule has 0 N–H and O–H groups in total. The van der Waals surface area contributed by atoms with Crippen molar-refractivity contribution in [2.45, 2.75) is 30.7 Å². The topological polar surface area (TPSA) is 50.1 Å². The van der Waals surface area contributed by atoms with Crippen LogP contribution in [0.2, 0.25) is 0 Å². The molecule has 0 aliphatic carbocycles. The van der Waals surface area contributed by atoms with E-state index in [9.17, 15) is 18.0 Å². The smallest absolute Gasteiger partial charge is 0.446 e. The van der Waals surface area contributed by atoms with E-state index in [0.29, 0.717) is 11.1 Å². The Balaban J connectivity index is 3.13. The summed E-state index contributed by atoms with van der Waals surface area (Å²) in [6.45, 7) is 3.43. The van der Waals surface area contributed by atoms with Gasteiger partial charge in [0, 0.05) is 4.90 Å². The number of carbonyl (C=O) groups excluding carboxylic acids is 1. The quantitative estimate of drug-likeness (QED) is 0.630. The Bertz CT molecular complexity index is 550. The third-order valence-corrected chi connectivity index (χ3v) is 3.19. The van der Waals surface area contributed by atoms with Crippen LogP contribution in [0.1, 0.15) is 23.6 Å². The molecule has 0 fully saturated rings. The zero-order valence-corrected chi connectivity index (χ0v) is 11.7. The Kier molecular flexibility index (Phi) is 5.45. The van der Waals surface area contributed by atoms with E-state index < -0.39 is 11.5 Å². The van der Waals surface area contributed by atoms with Gasteiger partial charge in [0.15, 0.2) is 0 Å². The molecule has 0 amide bonds. The minimum atomic E-state index is -4.44. The van der Waals surface area contributed by atoms with Crippen LogP contribution in [-0.4, -0.2) is 18.1 Å². The highest BCUT2D eigenvalue weighted by Gasteiger charge is 2.30. The summed E-state index contributed by atoms with van der Waals surface area (Å²) in [5.41, 5.74) is -3.46. The van der Waals surface area contributed by atoms with Crippen LogP contribution in [0.25, 0.3) is 0 Å². The van der Waals surface area contributed by atoms with E-state index in [0.717, 1.165) is 0 Å². The number of halogens is 3. The number of hydrogen-bond acceptors (Lipinski definition) is 4. The van der Waals surface area contributed by atoms with Gasteiger partial charge in [0.05, 0.1) is 24.7 Å². The number of thioether (sulfide) groups is 1. The molecule has 0 aromatic heterocycles. The van der Waals surface area contributed by atoms with E-state index >= 15 is 0 Å². The van der Waals surface area contributed by atoms with Crippen LogP contribution in [0, 0.1) is 18.3 Å². The molecule has 7 heteroatoms. The molecule has 108 valence electrons. The van der Waals surface area contributed by atoms with E-state index in [1.165, 1.54) is 12.1 Å². The Hall–Kier alpha value is -1.68. The fourth-order valence-corrected chi connectivity index (χ4v) is 2.25. The van der Waals surface area contributed by atoms with Crippen molar-refractivity contribution in [3.05, 3.63) is 28.8 Å². The summed E-state index contributed by atoms with van der Waals surface area (Å²) in [6, 6.07) is 4.27. The molecule has 0 aliphatic rings. The van der Waals surface area contributed by atoms with Gasteiger partial charge in [-0.05, 0) is 48.9 Å². The van der Waals surface area contributed by atoms with Crippen LogP contribution in [0.3, 0.4) is 0 Å². The summed E-state index contributed by atoms with van der Waals surface area (Å²) in [7, 11) is 0. The van der Waals surface area contributed by atoms with E-state index in [2.05, 4.69) is 0 Å². The van der Waals surface area contributed by atoms with Gasteiger partial charge in [0.25, 0.3) is 0 Å². The minimum Gasteiger partial charge on any atom is -0.466 e. The Morgan fingerprint density at radius 3 is 2.60 bits per heavy atom. The summed E-state index contributed by atoms with van der Waals surface area (Å²) >= 11 is -0.310. The monoisotopic (exact) mass is 303 g/mol. The molecular formula is C13H12F3NO2S. The summed E-state index contributed by atoms with van der Waals surface area (Å²) in [5.74, 6) is -0.534. The van der Waals surface area contributed by atoms with E-state index in [1.807, 2.05) is 6.07 Å². The average Bonchev–Trinajstić information content (AvgIpc) is 2.31. The maximum atomic E-state index is 12.4. The normalized spacial score (nSPS) is 11.0. The van der Waals surface area contributed by atoms with Gasteiger partial charge in [0.1, 0.15) is 0 Å². The molecule has 0 unspecified atom stereocenters. The molecular weight excluding hydrogens is 291 g/mol. The van der Waals surface area contributed by atoms with Crippen LogP contribution in [-0.2, 0) is 16.0 Å². The average molecular weight is 303 g/mol. The number of benzene rings is 1. The lowest BCUT2D eigenvalue weighted by molar-refractivity contribution is -0.142. The third kappa shape index (κ3) is 4.78. The third-order valence-electron chi connectivity index (χ3n) is 2.48. The van der Waals surface area contributed by atoms with Gasteiger partial charge in [-0.1, -0.05) is 0 Å². The fourth-order valence-electron chi connectivity index (χ4n) is 1.60. The molecule has 0 spiro atoms. The molecule has 0 saturated carbocycles. The van der Waals surface area contributed by atoms with Crippen molar-refractivity contribution in [2.75, 3.05) is 6.61 Å². The maximum absolute atomic E-state index is 12.4. The molecule has 0 aliphatic heterocycles. The van der Waals surface area contributed by atoms with E-state index in [4.69, 9.17) is 10.00 Å². The van der Waals surface area contributed by atoms with Crippen LogP contribution in [0.4, 0.5) is 13.2 Å². The summed E-state index contributed by atoms with van der Waals surface area (Å²) < 4.78 is 41.9. The number of esters is 1. The van der Waals surface area contributed by atoms with Crippen molar-refractivity contribution >= 4 is 17.7 Å². The Morgan fingerprint density at radius 1 is 1.45 bits per heavy atom. The first-order valence-electron chi connectivity index (χ1n) is 5.71. The van der Waals surface area contributed by atoms with Gasteiger partial charge in [-0.15, -0.1) is 0 Å². The molecule has 20 heavy (non-hydrogen) atoms. The second kappa shape index (κ2) is 6.66. The largest absolute Gasteiger partial charge is 0.466 e. The second-order valence-electron chi connectivity index (χ2n) is 3.90. The lowest BCUT2D eigenvalue weighted by atomic mass is 10.0. The van der Waals surface area contributed by atoms with E-state index in [1.54, 1.807) is 13.8 Å². The van der Waals surface area contributed by atoms with Gasteiger partial charge in [-0.25, -0.2) is 0 Å². The lowest BCUT2D eigenvalue weighted by Gasteiger charge is -2.11. The van der Waals surface area contributed by atoms with Crippen molar-refractivity contribution in [3.63, 3.8) is 0 Å². The summed E-state index contributed by atoms with van der Waals surface area (Å²) in [6.07, 6.45) is -0.152. The van der Waals surface area contributed by atoms with Gasteiger partial charge < -0.3 is 4.74 Å². The lowest BCUT2D eigenvalue weighted by Crippen LogP contribution is -2.09. The molecule has 0 saturated heterocycles. The van der Waals surface area contributed by atoms with Crippen molar-refractivity contribution in [3.8, 4) is 6.07 Å². The van der Waals surface area contributed by atoms with Crippen LogP contribution in [0.15, 0.2) is 17.0 Å². The van der Waals surface area contributed by atoms with Crippen molar-refractivity contribution in [1.29, 1.82) is 5.26 Å². The first-order chi connectivity index (χ1) is 9.26. The molecule has 0 heterocycles. The predicted molar refractivity (Wildman–Crippen MR) is 68.1 cm³/mol. The molecule has 1 rings (SSSR count). The molecule has 0 radical (unpaired) electrons. The standard InChI is InChI=1S/C13H12F3NO2S/c1-3-19-12(18)6-9-4-11(20-13(14,15)16)5-10(7-17)8(9)2/h4-5H,3,6H2,1-2H3. The summed E-state index contributed by atoms with van der Waals surface area (Å²) in [4.78, 5) is 11.3. The second-order valence-corrected chi connectivity index (χ2v) is 5.03. The molecule has 3 nitrogen and oxygen atoms in total. The Morgan fingerprint density at radius 2 is 2.10 bits per heavy atom. The number of nitriles is 1. The summed E-state index contributed by atoms with van der Waals surface area (Å²) in [5, 5.41) is 8.95. The van der Waals surface area contributed by atoms with Gasteiger partial charge in [-0.2, -0.15) is 18.4 Å². The highest BCUT2D eigenvalue weighted by Crippen LogP contribution is 2.38. The van der Waals surface area contributed by atoms with Gasteiger partial charge in [0.2, 0.25) is 0 Å². The first kappa shape index (κ1) is 16.4. The minimum absolute atomic E-state index is 0.112. The SMILES string of the molecule is CCOC(=O)Cc1cc(SC(F)(F)F)cc(C#N)c1C. The van der Waals surface area contributed by atoms with Crippen LogP contribution in [0.5, 0.6) is 0 Å². The highest BCUT2D eigenvalue weighted by molar-refractivity contribution is 8.00. The van der Waals surface area contributed by atoms with Gasteiger partial charge >= 0.3 is 11.5 Å². The number of nitrogens with zero attached hydrogens (tertiary/aromatic N) is 1. The first-order valence-corrected chi connectivity index (χ1v) is 6.53. The fraction of sp³-hybridized carbons (Fsp3) is 0.385. The molecule has 1 aromatic carbocycles. The zero-order chi connectivity index (χ0) is 15.3. The molecule has 0 atom stereocenters. The van der Waals surface area contributed by atoms with Crippen LogP contribution < -0.4 is 0 Å². The maximum Gasteiger partial charge on any atom is 0.446 e. The number of hydrogen-bond donors (Lipinski definition) is 0. The predicted octanol–water partition coefficient (Wildman–Crippen LogP) is 3.58. The van der Waals surface area contributed by atoms with Crippen molar-refractivity contribution < 1.29 is 22.7 Å². The highest BCUT2D eigenvalue weighted by atomic mass is 32.2. The number of ether oxygens (including phenoxy) is 1. The molecule has 0 bridgehead atoms. The number of alkyl halides is 3. The van der Waals surface area contributed by atoms with Gasteiger partial charge in [-0.3, -0.25) is 4.79 Å².